The van der Waals surface area contributed by atoms with Crippen LogP contribution in [0.4, 0.5) is 11.6 Å². The van der Waals surface area contributed by atoms with Gasteiger partial charge >= 0.3 is 0 Å². The van der Waals surface area contributed by atoms with Gasteiger partial charge in [-0.25, -0.2) is 9.97 Å². The van der Waals surface area contributed by atoms with Crippen molar-refractivity contribution in [1.29, 1.82) is 0 Å². The van der Waals surface area contributed by atoms with Crippen LogP contribution in [0.25, 0.3) is 5.65 Å². The minimum Gasteiger partial charge on any atom is -0.480 e. The summed E-state index contributed by atoms with van der Waals surface area (Å²) in [5.41, 5.74) is 1.97. The van der Waals surface area contributed by atoms with Crippen LogP contribution in [0.1, 0.15) is 29.4 Å². The Bertz CT molecular complexity index is 1040. The zero-order valence-electron chi connectivity index (χ0n) is 17.3. The van der Waals surface area contributed by atoms with Crippen LogP contribution in [0.15, 0.2) is 30.7 Å². The molecule has 0 aliphatic carbocycles. The number of rotatable bonds is 5. The molecule has 1 saturated heterocycles. The van der Waals surface area contributed by atoms with Crippen LogP contribution in [0.3, 0.4) is 0 Å². The number of imidazole rings is 1. The van der Waals surface area contributed by atoms with Crippen molar-refractivity contribution in [3.8, 4) is 5.88 Å². The molecular formula is C20H26ClN7O2. The summed E-state index contributed by atoms with van der Waals surface area (Å²) in [7, 11) is 1.52. The summed E-state index contributed by atoms with van der Waals surface area (Å²) in [6, 6.07) is 4.05. The van der Waals surface area contributed by atoms with E-state index in [1.807, 2.05) is 23.6 Å². The lowest BCUT2D eigenvalue weighted by Gasteiger charge is -2.34. The molecule has 3 aromatic rings. The lowest BCUT2D eigenvalue weighted by Crippen LogP contribution is -2.50. The van der Waals surface area contributed by atoms with Gasteiger partial charge in [0, 0.05) is 31.9 Å². The lowest BCUT2D eigenvalue weighted by molar-refractivity contribution is 0.102. The van der Waals surface area contributed by atoms with Gasteiger partial charge in [0.15, 0.2) is 5.65 Å². The number of methoxy groups -OCH3 is 1. The zero-order valence-corrected chi connectivity index (χ0v) is 18.1. The number of amides is 1. The first kappa shape index (κ1) is 21.8. The van der Waals surface area contributed by atoms with E-state index in [0.717, 1.165) is 43.2 Å². The smallest absolute Gasteiger partial charge is 0.262 e. The fraction of sp³-hybridized carbons (Fsp3) is 0.400. The largest absolute Gasteiger partial charge is 0.480 e. The average molecular weight is 432 g/mol. The van der Waals surface area contributed by atoms with Crippen LogP contribution in [-0.2, 0) is 0 Å². The molecule has 0 saturated carbocycles. The summed E-state index contributed by atoms with van der Waals surface area (Å²) < 4.78 is 7.24. The fourth-order valence-corrected chi connectivity index (χ4v) is 3.52. The number of aromatic nitrogens is 4. The van der Waals surface area contributed by atoms with Crippen LogP contribution < -0.4 is 20.3 Å². The molecule has 1 aliphatic rings. The van der Waals surface area contributed by atoms with E-state index in [9.17, 15) is 4.79 Å². The van der Waals surface area contributed by atoms with Crippen molar-refractivity contribution in [3.05, 3.63) is 42.0 Å². The topological polar surface area (TPSA) is 96.7 Å². The van der Waals surface area contributed by atoms with Crippen LogP contribution in [0.2, 0.25) is 0 Å². The highest BCUT2D eigenvalue weighted by Crippen LogP contribution is 2.23. The van der Waals surface area contributed by atoms with Gasteiger partial charge in [0.2, 0.25) is 5.88 Å². The summed E-state index contributed by atoms with van der Waals surface area (Å²) in [6.07, 6.45) is 6.28. The van der Waals surface area contributed by atoms with Crippen molar-refractivity contribution in [2.75, 3.05) is 37.0 Å². The number of halogens is 1. The van der Waals surface area contributed by atoms with Gasteiger partial charge in [-0.05, 0) is 25.5 Å². The molecule has 1 amide bonds. The van der Waals surface area contributed by atoms with E-state index in [-0.39, 0.29) is 18.3 Å². The van der Waals surface area contributed by atoms with Crippen LogP contribution in [0, 0.1) is 6.92 Å². The van der Waals surface area contributed by atoms with E-state index in [2.05, 4.69) is 37.4 Å². The van der Waals surface area contributed by atoms with Crippen molar-refractivity contribution in [3.63, 3.8) is 0 Å². The Kier molecular flexibility index (Phi) is 6.73. The van der Waals surface area contributed by atoms with Gasteiger partial charge in [-0.1, -0.05) is 6.92 Å². The average Bonchev–Trinajstić information content (AvgIpc) is 3.12. The van der Waals surface area contributed by atoms with E-state index < -0.39 is 0 Å². The molecule has 0 spiro atoms. The molecule has 4 rings (SSSR count). The maximum atomic E-state index is 12.8. The van der Waals surface area contributed by atoms with Crippen molar-refractivity contribution < 1.29 is 9.53 Å². The Morgan fingerprint density at radius 2 is 2.17 bits per heavy atom. The molecule has 160 valence electrons. The molecule has 2 N–H and O–H groups in total. The molecule has 0 bridgehead atoms. The maximum Gasteiger partial charge on any atom is 0.262 e. The highest BCUT2D eigenvalue weighted by molar-refractivity contribution is 6.05. The minimum absolute atomic E-state index is 0. The molecule has 1 fully saturated rings. The molecule has 3 aromatic heterocycles. The summed E-state index contributed by atoms with van der Waals surface area (Å²) in [5, 5.41) is 6.30. The second-order valence-corrected chi connectivity index (χ2v) is 7.11. The van der Waals surface area contributed by atoms with Gasteiger partial charge in [-0.3, -0.25) is 4.79 Å². The Labute approximate surface area is 181 Å². The van der Waals surface area contributed by atoms with Crippen molar-refractivity contribution in [2.45, 2.75) is 26.3 Å². The number of hydrogen-bond acceptors (Lipinski definition) is 7. The Balaban J connectivity index is 0.00000256. The molecule has 0 radical (unpaired) electrons. The standard InChI is InChI=1S/C20H25N7O2.ClH/c1-4-14-11-26(8-7-21-14)17-6-5-15(20(25-17)29-3)19(28)24-16-12-27-10-13(2)23-18(27)9-22-16;/h5-6,9-10,12,14,21H,4,7-8,11H2,1-3H3,(H,24,28);1H/t14-;/m1./s1. The number of nitrogens with zero attached hydrogens (tertiary/aromatic N) is 5. The van der Waals surface area contributed by atoms with Crippen molar-refractivity contribution >= 4 is 35.6 Å². The normalized spacial score (nSPS) is 16.2. The number of hydrogen-bond donors (Lipinski definition) is 2. The number of anilines is 2. The van der Waals surface area contributed by atoms with E-state index in [0.29, 0.717) is 23.3 Å². The van der Waals surface area contributed by atoms with Crippen molar-refractivity contribution in [2.24, 2.45) is 0 Å². The number of carbonyl (C=O) groups excluding carboxylic acids is 1. The van der Waals surface area contributed by atoms with Gasteiger partial charge in [-0.15, -0.1) is 12.4 Å². The molecule has 1 aliphatic heterocycles. The van der Waals surface area contributed by atoms with E-state index in [1.165, 1.54) is 7.11 Å². The summed E-state index contributed by atoms with van der Waals surface area (Å²) in [5.74, 6) is 1.22. The van der Waals surface area contributed by atoms with Gasteiger partial charge in [0.05, 0.1) is 25.2 Å². The highest BCUT2D eigenvalue weighted by Gasteiger charge is 2.22. The number of piperazine rings is 1. The SMILES string of the molecule is CC[C@@H]1CN(c2ccc(C(=O)Nc3cn4cc(C)nc4cn3)c(OC)n2)CCN1.Cl. The molecular weight excluding hydrogens is 406 g/mol. The Morgan fingerprint density at radius 1 is 1.33 bits per heavy atom. The first-order chi connectivity index (χ1) is 14.1. The van der Waals surface area contributed by atoms with Gasteiger partial charge < -0.3 is 24.7 Å². The van der Waals surface area contributed by atoms with Gasteiger partial charge in [0.25, 0.3) is 5.91 Å². The highest BCUT2D eigenvalue weighted by atomic mass is 35.5. The van der Waals surface area contributed by atoms with Crippen LogP contribution in [0.5, 0.6) is 5.88 Å². The Morgan fingerprint density at radius 3 is 2.93 bits per heavy atom. The fourth-order valence-electron chi connectivity index (χ4n) is 3.52. The number of carbonyl (C=O) groups is 1. The van der Waals surface area contributed by atoms with Crippen molar-refractivity contribution in [1.82, 2.24) is 24.7 Å². The number of ether oxygens (including phenoxy) is 1. The first-order valence-corrected chi connectivity index (χ1v) is 9.73. The summed E-state index contributed by atoms with van der Waals surface area (Å²) in [4.78, 5) is 28.2. The molecule has 10 heteroatoms. The second-order valence-electron chi connectivity index (χ2n) is 7.11. The maximum absolute atomic E-state index is 12.8. The predicted octanol–water partition coefficient (Wildman–Crippen LogP) is 2.30. The summed E-state index contributed by atoms with van der Waals surface area (Å²) >= 11 is 0. The quantitative estimate of drug-likeness (QED) is 0.639. The summed E-state index contributed by atoms with van der Waals surface area (Å²) in [6.45, 7) is 6.73. The first-order valence-electron chi connectivity index (χ1n) is 9.73. The zero-order chi connectivity index (χ0) is 20.4. The molecule has 0 aromatic carbocycles. The third kappa shape index (κ3) is 4.47. The molecule has 1 atom stereocenters. The third-order valence-electron chi connectivity index (χ3n) is 5.06. The van der Waals surface area contributed by atoms with Crippen LogP contribution >= 0.6 is 12.4 Å². The second kappa shape index (κ2) is 9.27. The van der Waals surface area contributed by atoms with Crippen LogP contribution in [-0.4, -0.2) is 58.0 Å². The third-order valence-corrected chi connectivity index (χ3v) is 5.06. The molecule has 9 nitrogen and oxygen atoms in total. The number of nitrogens with one attached hydrogen (secondary N) is 2. The minimum atomic E-state index is -0.323. The number of fused-ring (bicyclic) bond motifs is 1. The van der Waals surface area contributed by atoms with Gasteiger partial charge in [0.1, 0.15) is 17.2 Å². The Hall–Kier alpha value is -2.91. The molecule has 4 heterocycles. The number of aryl methyl sites for hydroxylation is 1. The van der Waals surface area contributed by atoms with Gasteiger partial charge in [-0.2, -0.15) is 4.98 Å². The number of pyridine rings is 1. The van der Waals surface area contributed by atoms with E-state index >= 15 is 0 Å². The van der Waals surface area contributed by atoms with E-state index in [4.69, 9.17) is 4.74 Å². The van der Waals surface area contributed by atoms with E-state index in [1.54, 1.807) is 18.5 Å². The predicted molar refractivity (Wildman–Crippen MR) is 118 cm³/mol. The molecule has 0 unspecified atom stereocenters. The lowest BCUT2D eigenvalue weighted by atomic mass is 10.1. The monoisotopic (exact) mass is 431 g/mol. The molecule has 30 heavy (non-hydrogen) atoms.